The van der Waals surface area contributed by atoms with Gasteiger partial charge < -0.3 is 10.5 Å². The number of nitrogens with zero attached hydrogens (tertiary/aromatic N) is 3. The molecule has 1 aliphatic rings. The minimum absolute atomic E-state index is 0.00310. The number of aromatic nitrogens is 3. The van der Waals surface area contributed by atoms with Crippen molar-refractivity contribution in [1.29, 1.82) is 0 Å². The molecule has 1 fully saturated rings. The Labute approximate surface area is 155 Å². The van der Waals surface area contributed by atoms with Gasteiger partial charge in [-0.15, -0.1) is 0 Å². The number of carbonyl (C=O) groups is 1. The highest BCUT2D eigenvalue weighted by Gasteiger charge is 2.31. The smallest absolute Gasteiger partial charge is 0.309 e. The van der Waals surface area contributed by atoms with E-state index < -0.39 is 5.60 Å². The Kier molecular flexibility index (Phi) is 4.72. The molecule has 2 N–H and O–H groups in total. The lowest BCUT2D eigenvalue weighted by atomic mass is 9.80. The molecule has 3 rings (SSSR count). The van der Waals surface area contributed by atoms with Crippen molar-refractivity contribution in [3.05, 3.63) is 21.5 Å². The average Bonchev–Trinajstić information content (AvgIpc) is 2.88. The third kappa shape index (κ3) is 3.65. The van der Waals surface area contributed by atoms with Gasteiger partial charge in [0.1, 0.15) is 11.4 Å². The number of anilines is 1. The van der Waals surface area contributed by atoms with Gasteiger partial charge in [0.05, 0.1) is 15.7 Å². The number of halogens is 1. The molecule has 1 aliphatic carbocycles. The largest absolute Gasteiger partial charge is 0.460 e. The second-order valence-electron chi connectivity index (χ2n) is 7.42. The summed E-state index contributed by atoms with van der Waals surface area (Å²) < 4.78 is 8.17. The molecule has 6 nitrogen and oxygen atoms in total. The molecular weight excluding hydrogens is 419 g/mol. The van der Waals surface area contributed by atoms with E-state index >= 15 is 0 Å². The molecule has 1 saturated carbocycles. The van der Waals surface area contributed by atoms with Crippen molar-refractivity contribution in [2.24, 2.45) is 5.92 Å². The number of ether oxygens (including phenoxy) is 1. The lowest BCUT2D eigenvalue weighted by molar-refractivity contribution is -0.161. The number of hydrogen-bond acceptors (Lipinski definition) is 5. The number of carbonyl (C=O) groups excluding carboxylic acids is 1. The number of rotatable bonds is 2. The van der Waals surface area contributed by atoms with E-state index in [-0.39, 0.29) is 11.9 Å². The normalized spacial score (nSPS) is 21.8. The summed E-state index contributed by atoms with van der Waals surface area (Å²) in [5.74, 6) is 0.861. The predicted molar refractivity (Wildman–Crippen MR) is 101 cm³/mol. The number of esters is 1. The molecule has 130 valence electrons. The van der Waals surface area contributed by atoms with Crippen LogP contribution < -0.4 is 5.73 Å². The van der Waals surface area contributed by atoms with Crippen molar-refractivity contribution in [1.82, 2.24) is 14.6 Å². The first-order valence-electron chi connectivity index (χ1n) is 8.27. The van der Waals surface area contributed by atoms with E-state index in [9.17, 15) is 4.79 Å². The Bertz CT molecular complexity index is 758. The molecule has 0 saturated heterocycles. The van der Waals surface area contributed by atoms with Crippen LogP contribution >= 0.6 is 22.6 Å². The van der Waals surface area contributed by atoms with Crippen molar-refractivity contribution >= 4 is 40.0 Å². The first-order chi connectivity index (χ1) is 11.2. The molecule has 2 heterocycles. The third-order valence-electron chi connectivity index (χ3n) is 4.36. The lowest BCUT2D eigenvalue weighted by Gasteiger charge is -2.29. The Hall–Kier alpha value is -1.38. The maximum atomic E-state index is 12.2. The van der Waals surface area contributed by atoms with E-state index in [1.165, 1.54) is 0 Å². The Morgan fingerprint density at radius 1 is 1.33 bits per heavy atom. The summed E-state index contributed by atoms with van der Waals surface area (Å²) in [5.41, 5.74) is 7.49. The van der Waals surface area contributed by atoms with Gasteiger partial charge in [0.2, 0.25) is 0 Å². The van der Waals surface area contributed by atoms with Gasteiger partial charge in [0.15, 0.2) is 5.65 Å². The summed E-state index contributed by atoms with van der Waals surface area (Å²) in [6, 6.07) is 1.91. The fourth-order valence-electron chi connectivity index (χ4n) is 3.20. The highest BCUT2D eigenvalue weighted by atomic mass is 127. The van der Waals surface area contributed by atoms with Crippen LogP contribution in [0.15, 0.2) is 12.3 Å². The van der Waals surface area contributed by atoms with Gasteiger partial charge in [-0.2, -0.15) is 9.61 Å². The molecule has 0 unspecified atom stereocenters. The van der Waals surface area contributed by atoms with E-state index in [4.69, 9.17) is 15.5 Å². The van der Waals surface area contributed by atoms with Gasteiger partial charge in [-0.3, -0.25) is 4.79 Å². The molecule has 0 aliphatic heterocycles. The molecule has 7 heteroatoms. The maximum absolute atomic E-state index is 12.2. The van der Waals surface area contributed by atoms with E-state index in [0.29, 0.717) is 11.7 Å². The zero-order chi connectivity index (χ0) is 17.5. The number of nitrogen functional groups attached to an aromatic ring is 1. The highest BCUT2D eigenvalue weighted by Crippen LogP contribution is 2.37. The topological polar surface area (TPSA) is 82.5 Å². The maximum Gasteiger partial charge on any atom is 0.309 e. The summed E-state index contributed by atoms with van der Waals surface area (Å²) in [7, 11) is 0. The summed E-state index contributed by atoms with van der Waals surface area (Å²) in [6.45, 7) is 5.73. The second-order valence-corrected chi connectivity index (χ2v) is 8.58. The van der Waals surface area contributed by atoms with Gasteiger partial charge in [-0.25, -0.2) is 4.98 Å². The van der Waals surface area contributed by atoms with Crippen LogP contribution in [0, 0.1) is 9.49 Å². The van der Waals surface area contributed by atoms with Gasteiger partial charge in [0.25, 0.3) is 0 Å². The number of nitrogens with two attached hydrogens (primary N) is 1. The number of fused-ring (bicyclic) bond motifs is 1. The second kappa shape index (κ2) is 6.50. The zero-order valence-electron chi connectivity index (χ0n) is 14.3. The fraction of sp³-hybridized carbons (Fsp3) is 0.588. The highest BCUT2D eigenvalue weighted by molar-refractivity contribution is 14.1. The molecule has 0 aromatic carbocycles. The molecule has 0 amide bonds. The van der Waals surface area contributed by atoms with Crippen LogP contribution in [0.1, 0.15) is 58.1 Å². The van der Waals surface area contributed by atoms with Crippen LogP contribution in [0.4, 0.5) is 5.82 Å². The van der Waals surface area contributed by atoms with E-state index in [0.717, 1.165) is 40.6 Å². The molecular formula is C17H23IN4O2. The van der Waals surface area contributed by atoms with Crippen molar-refractivity contribution in [2.45, 2.75) is 58.0 Å². The van der Waals surface area contributed by atoms with Crippen molar-refractivity contribution in [3.63, 3.8) is 0 Å². The fourth-order valence-corrected chi connectivity index (χ4v) is 3.67. The SMILES string of the molecule is CC(C)(C)OC(=O)[C@H]1CC[C@H](c2cc(N)n3ncc(I)c3n2)CC1. The van der Waals surface area contributed by atoms with Crippen LogP contribution in [0.3, 0.4) is 0 Å². The molecule has 0 radical (unpaired) electrons. The molecule has 2 aromatic rings. The van der Waals surface area contributed by atoms with E-state index in [2.05, 4.69) is 27.7 Å². The van der Waals surface area contributed by atoms with E-state index in [1.54, 1.807) is 10.7 Å². The Morgan fingerprint density at radius 3 is 2.62 bits per heavy atom. The minimum Gasteiger partial charge on any atom is -0.460 e. The Balaban J connectivity index is 1.71. The minimum atomic E-state index is -0.423. The van der Waals surface area contributed by atoms with Crippen molar-refractivity contribution in [3.8, 4) is 0 Å². The van der Waals surface area contributed by atoms with Gasteiger partial charge in [-0.1, -0.05) is 0 Å². The predicted octanol–water partition coefficient (Wildman–Crippen LogP) is 3.53. The summed E-state index contributed by atoms with van der Waals surface area (Å²) in [5, 5.41) is 4.23. The summed E-state index contributed by atoms with van der Waals surface area (Å²) in [4.78, 5) is 17.0. The van der Waals surface area contributed by atoms with Crippen LogP contribution in [0.25, 0.3) is 5.65 Å². The molecule has 0 atom stereocenters. The monoisotopic (exact) mass is 442 g/mol. The standard InChI is InChI=1S/C17H23IN4O2/c1-17(2,3)24-16(23)11-6-4-10(5-7-11)13-8-14(19)22-15(21-13)12(18)9-20-22/h8-11H,4-7,19H2,1-3H3/t10-,11-. The summed E-state index contributed by atoms with van der Waals surface area (Å²) in [6.07, 6.45) is 5.29. The van der Waals surface area contributed by atoms with Crippen LogP contribution in [0.5, 0.6) is 0 Å². The van der Waals surface area contributed by atoms with Crippen molar-refractivity contribution in [2.75, 3.05) is 5.73 Å². The zero-order valence-corrected chi connectivity index (χ0v) is 16.4. The van der Waals surface area contributed by atoms with Crippen LogP contribution in [-0.4, -0.2) is 26.2 Å². The molecule has 0 spiro atoms. The summed E-state index contributed by atoms with van der Waals surface area (Å²) >= 11 is 2.22. The van der Waals surface area contributed by atoms with Gasteiger partial charge in [0, 0.05) is 17.7 Å². The molecule has 24 heavy (non-hydrogen) atoms. The first-order valence-corrected chi connectivity index (χ1v) is 9.35. The first kappa shape index (κ1) is 17.4. The lowest BCUT2D eigenvalue weighted by Crippen LogP contribution is -2.30. The average molecular weight is 442 g/mol. The van der Waals surface area contributed by atoms with E-state index in [1.807, 2.05) is 26.8 Å². The quantitative estimate of drug-likeness (QED) is 0.569. The Morgan fingerprint density at radius 2 is 2.00 bits per heavy atom. The number of hydrogen-bond donors (Lipinski definition) is 1. The van der Waals surface area contributed by atoms with Crippen LogP contribution in [-0.2, 0) is 9.53 Å². The molecule has 0 bridgehead atoms. The molecule has 2 aromatic heterocycles. The van der Waals surface area contributed by atoms with Gasteiger partial charge in [-0.05, 0) is 69.0 Å². The van der Waals surface area contributed by atoms with Crippen LogP contribution in [0.2, 0.25) is 0 Å². The van der Waals surface area contributed by atoms with Crippen molar-refractivity contribution < 1.29 is 9.53 Å². The van der Waals surface area contributed by atoms with Gasteiger partial charge >= 0.3 is 5.97 Å². The third-order valence-corrected chi connectivity index (χ3v) is 5.12.